The first-order chi connectivity index (χ1) is 11.5. The third-order valence-electron chi connectivity index (χ3n) is 3.42. The number of nitrogens with zero attached hydrogens (tertiary/aromatic N) is 2. The van der Waals surface area contributed by atoms with Gasteiger partial charge in [-0.15, -0.1) is 0 Å². The summed E-state index contributed by atoms with van der Waals surface area (Å²) in [5, 5.41) is 18.8. The molecule has 8 heteroatoms. The molecule has 0 aliphatic carbocycles. The maximum atomic E-state index is 12.5. The highest BCUT2D eigenvalue weighted by atomic mass is 35.5. The minimum absolute atomic E-state index is 0.0308. The van der Waals surface area contributed by atoms with E-state index in [4.69, 9.17) is 22.1 Å². The summed E-state index contributed by atoms with van der Waals surface area (Å²) in [6.07, 6.45) is 1.46. The second-order valence-corrected chi connectivity index (χ2v) is 6.99. The molecule has 2 N–H and O–H groups in total. The van der Waals surface area contributed by atoms with Gasteiger partial charge in [0.2, 0.25) is 0 Å². The lowest BCUT2D eigenvalue weighted by Gasteiger charge is -2.10. The van der Waals surface area contributed by atoms with Gasteiger partial charge in [-0.3, -0.25) is 4.72 Å². The van der Waals surface area contributed by atoms with E-state index >= 15 is 0 Å². The van der Waals surface area contributed by atoms with Crippen LogP contribution in [0.25, 0.3) is 10.9 Å². The van der Waals surface area contributed by atoms with E-state index in [0.29, 0.717) is 21.5 Å². The lowest BCUT2D eigenvalue weighted by atomic mass is 10.1. The minimum atomic E-state index is -3.89. The van der Waals surface area contributed by atoms with Gasteiger partial charge in [0.15, 0.2) is 0 Å². The molecule has 0 unspecified atom stereocenters. The van der Waals surface area contributed by atoms with Gasteiger partial charge in [-0.1, -0.05) is 17.7 Å². The molecule has 0 amide bonds. The third kappa shape index (κ3) is 2.67. The number of aromatic nitrogens is 1. The van der Waals surface area contributed by atoms with Crippen molar-refractivity contribution in [1.29, 1.82) is 10.5 Å². The molecule has 24 heavy (non-hydrogen) atoms. The van der Waals surface area contributed by atoms with E-state index in [1.807, 2.05) is 12.1 Å². The van der Waals surface area contributed by atoms with Crippen LogP contribution in [0.2, 0.25) is 5.02 Å². The summed E-state index contributed by atoms with van der Waals surface area (Å²) in [5.74, 6) is 0. The maximum absolute atomic E-state index is 12.5. The Balaban J connectivity index is 2.10. The van der Waals surface area contributed by atoms with E-state index in [0.717, 1.165) is 0 Å². The van der Waals surface area contributed by atoms with Crippen molar-refractivity contribution in [1.82, 2.24) is 4.98 Å². The van der Waals surface area contributed by atoms with Crippen molar-refractivity contribution in [2.24, 2.45) is 0 Å². The first-order valence-electron chi connectivity index (χ1n) is 6.69. The molecule has 0 aliphatic rings. The number of fused-ring (bicyclic) bond motifs is 1. The summed E-state index contributed by atoms with van der Waals surface area (Å²) >= 11 is 6.10. The molecule has 0 fully saturated rings. The lowest BCUT2D eigenvalue weighted by Crippen LogP contribution is -2.13. The molecule has 118 valence electrons. The number of rotatable bonds is 3. The van der Waals surface area contributed by atoms with Crippen LogP contribution in [0, 0.1) is 22.7 Å². The maximum Gasteiger partial charge on any atom is 0.262 e. The van der Waals surface area contributed by atoms with Gasteiger partial charge in [-0.05, 0) is 30.3 Å². The summed E-state index contributed by atoms with van der Waals surface area (Å²) in [7, 11) is -3.89. The highest BCUT2D eigenvalue weighted by molar-refractivity contribution is 7.92. The van der Waals surface area contributed by atoms with Crippen LogP contribution < -0.4 is 4.72 Å². The lowest BCUT2D eigenvalue weighted by molar-refractivity contribution is 0.601. The molecule has 0 radical (unpaired) electrons. The molecular weight excluding hydrogens is 348 g/mol. The Labute approximate surface area is 143 Å². The van der Waals surface area contributed by atoms with Crippen LogP contribution >= 0.6 is 11.6 Å². The zero-order valence-electron chi connectivity index (χ0n) is 12.0. The summed E-state index contributed by atoms with van der Waals surface area (Å²) in [6, 6.07) is 12.6. The number of nitriles is 2. The standard InChI is InChI=1S/C16H9ClN4O2S/c17-13-4-5-14(16-15(13)11(8-19)9-20-16)21-24(22,23)12-3-1-2-10(6-12)7-18/h1-6,9,20-21H. The number of sulfonamides is 1. The molecule has 0 saturated carbocycles. The molecular formula is C16H9ClN4O2S. The van der Waals surface area contributed by atoms with E-state index in [1.54, 1.807) is 0 Å². The van der Waals surface area contributed by atoms with E-state index in [-0.39, 0.29) is 16.1 Å². The van der Waals surface area contributed by atoms with Crippen molar-refractivity contribution < 1.29 is 8.42 Å². The Morgan fingerprint density at radius 1 is 1.12 bits per heavy atom. The van der Waals surface area contributed by atoms with Crippen molar-refractivity contribution >= 4 is 38.2 Å². The SMILES string of the molecule is N#Cc1cccc(S(=O)(=O)Nc2ccc(Cl)c3c(C#N)c[nH]c23)c1. The Morgan fingerprint density at radius 2 is 1.92 bits per heavy atom. The molecule has 0 aliphatic heterocycles. The predicted molar refractivity (Wildman–Crippen MR) is 90.0 cm³/mol. The number of H-pyrrole nitrogens is 1. The predicted octanol–water partition coefficient (Wildman–Crippen LogP) is 3.37. The van der Waals surface area contributed by atoms with Crippen LogP contribution in [-0.4, -0.2) is 13.4 Å². The normalized spacial score (nSPS) is 11.0. The van der Waals surface area contributed by atoms with Crippen LogP contribution in [0.15, 0.2) is 47.5 Å². The zero-order chi connectivity index (χ0) is 17.3. The van der Waals surface area contributed by atoms with Crippen molar-refractivity contribution in [3.8, 4) is 12.1 Å². The number of halogens is 1. The number of anilines is 1. The Kier molecular flexibility index (Phi) is 3.90. The second-order valence-electron chi connectivity index (χ2n) is 4.90. The fraction of sp³-hybridized carbons (Fsp3) is 0. The molecule has 0 bridgehead atoms. The number of hydrogen-bond donors (Lipinski definition) is 2. The van der Waals surface area contributed by atoms with E-state index in [2.05, 4.69) is 9.71 Å². The number of nitrogens with one attached hydrogen (secondary N) is 2. The van der Waals surface area contributed by atoms with Crippen molar-refractivity contribution in [3.05, 3.63) is 58.7 Å². The zero-order valence-corrected chi connectivity index (χ0v) is 13.6. The quantitative estimate of drug-likeness (QED) is 0.749. The Bertz CT molecular complexity index is 1140. The molecule has 0 spiro atoms. The monoisotopic (exact) mass is 356 g/mol. The topological polar surface area (TPSA) is 110 Å². The number of aromatic amines is 1. The van der Waals surface area contributed by atoms with E-state index in [1.165, 1.54) is 42.6 Å². The average Bonchev–Trinajstić information content (AvgIpc) is 3.02. The molecule has 1 heterocycles. The molecule has 0 saturated heterocycles. The Morgan fingerprint density at radius 3 is 2.62 bits per heavy atom. The summed E-state index contributed by atoms with van der Waals surface area (Å²) < 4.78 is 27.5. The van der Waals surface area contributed by atoms with Crippen LogP contribution in [0.1, 0.15) is 11.1 Å². The molecule has 0 atom stereocenters. The van der Waals surface area contributed by atoms with Gasteiger partial charge < -0.3 is 4.98 Å². The fourth-order valence-corrected chi connectivity index (χ4v) is 3.69. The first-order valence-corrected chi connectivity index (χ1v) is 8.55. The Hall–Kier alpha value is -3.00. The first kappa shape index (κ1) is 15.9. The van der Waals surface area contributed by atoms with Crippen LogP contribution in [-0.2, 0) is 10.0 Å². The molecule has 6 nitrogen and oxygen atoms in total. The highest BCUT2D eigenvalue weighted by Crippen LogP contribution is 2.32. The van der Waals surface area contributed by atoms with Crippen LogP contribution in [0.4, 0.5) is 5.69 Å². The average molecular weight is 357 g/mol. The summed E-state index contributed by atoms with van der Waals surface area (Å²) in [4.78, 5) is 2.83. The summed E-state index contributed by atoms with van der Waals surface area (Å²) in [5.41, 5.74) is 1.24. The van der Waals surface area contributed by atoms with Crippen LogP contribution in [0.5, 0.6) is 0 Å². The van der Waals surface area contributed by atoms with Gasteiger partial charge in [0.25, 0.3) is 10.0 Å². The third-order valence-corrected chi connectivity index (χ3v) is 5.10. The van der Waals surface area contributed by atoms with Gasteiger partial charge >= 0.3 is 0 Å². The minimum Gasteiger partial charge on any atom is -0.358 e. The van der Waals surface area contributed by atoms with Crippen molar-refractivity contribution in [2.75, 3.05) is 4.72 Å². The fourth-order valence-electron chi connectivity index (χ4n) is 2.32. The van der Waals surface area contributed by atoms with E-state index < -0.39 is 10.0 Å². The van der Waals surface area contributed by atoms with Gasteiger partial charge in [0, 0.05) is 11.6 Å². The molecule has 3 aromatic rings. The second kappa shape index (κ2) is 5.89. The number of hydrogen-bond acceptors (Lipinski definition) is 4. The van der Waals surface area contributed by atoms with Gasteiger partial charge in [-0.25, -0.2) is 8.42 Å². The van der Waals surface area contributed by atoms with Gasteiger partial charge in [0.05, 0.1) is 38.3 Å². The molecule has 1 aromatic heterocycles. The smallest absolute Gasteiger partial charge is 0.262 e. The molecule has 2 aromatic carbocycles. The van der Waals surface area contributed by atoms with Gasteiger partial charge in [-0.2, -0.15) is 10.5 Å². The number of benzene rings is 2. The highest BCUT2D eigenvalue weighted by Gasteiger charge is 2.18. The molecule has 3 rings (SSSR count). The summed E-state index contributed by atoms with van der Waals surface area (Å²) in [6.45, 7) is 0. The van der Waals surface area contributed by atoms with Crippen molar-refractivity contribution in [2.45, 2.75) is 4.90 Å². The van der Waals surface area contributed by atoms with E-state index in [9.17, 15) is 8.42 Å². The largest absolute Gasteiger partial charge is 0.358 e. The van der Waals surface area contributed by atoms with Gasteiger partial charge in [0.1, 0.15) is 6.07 Å². The van der Waals surface area contributed by atoms with Crippen molar-refractivity contribution in [3.63, 3.8) is 0 Å². The van der Waals surface area contributed by atoms with Crippen LogP contribution in [0.3, 0.4) is 0 Å².